The van der Waals surface area contributed by atoms with E-state index < -0.39 is 0 Å². The summed E-state index contributed by atoms with van der Waals surface area (Å²) in [6, 6.07) is 7.06. The number of aromatic amines is 1. The lowest BCUT2D eigenvalue weighted by atomic mass is 10.1. The van der Waals surface area contributed by atoms with Crippen molar-refractivity contribution in [3.8, 4) is 22.9 Å². The topological polar surface area (TPSA) is 64.2 Å². The van der Waals surface area contributed by atoms with Gasteiger partial charge in [0.15, 0.2) is 11.5 Å². The number of ether oxygens (including phenoxy) is 2. The summed E-state index contributed by atoms with van der Waals surface area (Å²) < 4.78 is 11.0. The molecule has 5 heteroatoms. The van der Waals surface area contributed by atoms with Gasteiger partial charge in [-0.25, -0.2) is 4.98 Å². The summed E-state index contributed by atoms with van der Waals surface area (Å²) >= 11 is 0. The molecule has 0 saturated carbocycles. The van der Waals surface area contributed by atoms with Crippen LogP contribution in [0.25, 0.3) is 11.4 Å². The molecular formula is C14H14N2O3. The normalized spacial score (nSPS) is 13.3. The Kier molecular flexibility index (Phi) is 2.95. The summed E-state index contributed by atoms with van der Waals surface area (Å²) in [4.78, 5) is 18.7. The van der Waals surface area contributed by atoms with Gasteiger partial charge in [-0.2, -0.15) is 0 Å². The molecule has 0 atom stereocenters. The zero-order chi connectivity index (χ0) is 13.2. The summed E-state index contributed by atoms with van der Waals surface area (Å²) in [5.74, 6) is 1.97. The number of benzene rings is 1. The maximum absolute atomic E-state index is 11.6. The molecule has 0 radical (unpaired) electrons. The van der Waals surface area contributed by atoms with Gasteiger partial charge in [0.05, 0.1) is 0 Å². The first-order chi connectivity index (χ1) is 9.26. The van der Waals surface area contributed by atoms with Gasteiger partial charge in [0.25, 0.3) is 5.56 Å². The second kappa shape index (κ2) is 4.76. The van der Waals surface area contributed by atoms with Crippen LogP contribution in [0.2, 0.25) is 0 Å². The molecule has 2 aromatic rings. The lowest BCUT2D eigenvalue weighted by Crippen LogP contribution is -2.15. The number of nitrogens with zero attached hydrogens (tertiary/aromatic N) is 1. The minimum absolute atomic E-state index is 0.142. The molecule has 1 aliphatic rings. The summed E-state index contributed by atoms with van der Waals surface area (Å²) in [5, 5.41) is 0. The Balaban J connectivity index is 2.06. The van der Waals surface area contributed by atoms with Gasteiger partial charge in [-0.05, 0) is 24.6 Å². The lowest BCUT2D eigenvalue weighted by molar-refractivity contribution is 0.171. The minimum atomic E-state index is -0.142. The molecule has 19 heavy (non-hydrogen) atoms. The van der Waals surface area contributed by atoms with Gasteiger partial charge in [0.1, 0.15) is 19.0 Å². The standard InChI is InChI=1S/C14H14N2O3/c1-2-10-8-13(17)16-14(15-10)9-3-4-11-12(7-9)19-6-5-18-11/h3-4,7-8H,2,5-6H2,1H3,(H,15,16,17). The van der Waals surface area contributed by atoms with Gasteiger partial charge < -0.3 is 14.5 Å². The molecule has 1 aromatic heterocycles. The van der Waals surface area contributed by atoms with Crippen molar-refractivity contribution in [2.24, 2.45) is 0 Å². The smallest absolute Gasteiger partial charge is 0.251 e. The van der Waals surface area contributed by atoms with Crippen LogP contribution < -0.4 is 15.0 Å². The van der Waals surface area contributed by atoms with Crippen molar-refractivity contribution in [3.05, 3.63) is 40.3 Å². The van der Waals surface area contributed by atoms with Crippen molar-refractivity contribution in [2.45, 2.75) is 13.3 Å². The predicted octanol–water partition coefficient (Wildman–Crippen LogP) is 1.77. The van der Waals surface area contributed by atoms with E-state index in [1.807, 2.05) is 25.1 Å². The molecule has 2 heterocycles. The van der Waals surface area contributed by atoms with Crippen molar-refractivity contribution in [2.75, 3.05) is 13.2 Å². The maximum atomic E-state index is 11.6. The van der Waals surface area contributed by atoms with Crippen LogP contribution in [0.1, 0.15) is 12.6 Å². The predicted molar refractivity (Wildman–Crippen MR) is 70.7 cm³/mol. The molecule has 1 N–H and O–H groups in total. The fourth-order valence-corrected chi connectivity index (χ4v) is 2.02. The zero-order valence-corrected chi connectivity index (χ0v) is 10.6. The summed E-state index contributed by atoms with van der Waals surface area (Å²) in [7, 11) is 0. The van der Waals surface area contributed by atoms with E-state index in [0.29, 0.717) is 24.8 Å². The second-order valence-electron chi connectivity index (χ2n) is 4.30. The van der Waals surface area contributed by atoms with E-state index in [1.165, 1.54) is 6.07 Å². The van der Waals surface area contributed by atoms with Crippen molar-refractivity contribution < 1.29 is 9.47 Å². The average molecular weight is 258 g/mol. The number of hydrogen-bond acceptors (Lipinski definition) is 4. The Morgan fingerprint density at radius 2 is 2.00 bits per heavy atom. The maximum Gasteiger partial charge on any atom is 0.251 e. The van der Waals surface area contributed by atoms with Crippen molar-refractivity contribution >= 4 is 0 Å². The quantitative estimate of drug-likeness (QED) is 0.891. The molecule has 0 bridgehead atoms. The molecule has 0 saturated heterocycles. The van der Waals surface area contributed by atoms with Crippen LogP contribution in [0.15, 0.2) is 29.1 Å². The highest BCUT2D eigenvalue weighted by atomic mass is 16.6. The molecular weight excluding hydrogens is 244 g/mol. The highest BCUT2D eigenvalue weighted by Gasteiger charge is 2.13. The van der Waals surface area contributed by atoms with Gasteiger partial charge in [-0.15, -0.1) is 0 Å². The first-order valence-electron chi connectivity index (χ1n) is 6.26. The largest absolute Gasteiger partial charge is 0.486 e. The van der Waals surface area contributed by atoms with E-state index in [1.54, 1.807) is 0 Å². The molecule has 0 spiro atoms. The molecule has 0 amide bonds. The van der Waals surface area contributed by atoms with Gasteiger partial charge in [-0.1, -0.05) is 6.92 Å². The van der Waals surface area contributed by atoms with E-state index in [-0.39, 0.29) is 5.56 Å². The fourth-order valence-electron chi connectivity index (χ4n) is 2.02. The summed E-state index contributed by atoms with van der Waals surface area (Å²) in [6.45, 7) is 3.07. The Morgan fingerprint density at radius 3 is 2.79 bits per heavy atom. The first kappa shape index (κ1) is 11.8. The molecule has 0 aliphatic carbocycles. The molecule has 3 rings (SSSR count). The van der Waals surface area contributed by atoms with E-state index >= 15 is 0 Å². The van der Waals surface area contributed by atoms with Gasteiger partial charge in [-0.3, -0.25) is 4.79 Å². The Morgan fingerprint density at radius 1 is 1.21 bits per heavy atom. The van der Waals surface area contributed by atoms with Crippen LogP contribution in [0.3, 0.4) is 0 Å². The number of hydrogen-bond donors (Lipinski definition) is 1. The van der Waals surface area contributed by atoms with E-state index in [4.69, 9.17) is 9.47 Å². The number of H-pyrrole nitrogens is 1. The van der Waals surface area contributed by atoms with Crippen LogP contribution in [-0.4, -0.2) is 23.2 Å². The van der Waals surface area contributed by atoms with E-state index in [2.05, 4.69) is 9.97 Å². The number of aromatic nitrogens is 2. The van der Waals surface area contributed by atoms with Crippen LogP contribution in [0, 0.1) is 0 Å². The Labute approximate surface area is 110 Å². The van der Waals surface area contributed by atoms with Crippen LogP contribution in [-0.2, 0) is 6.42 Å². The van der Waals surface area contributed by atoms with Crippen molar-refractivity contribution in [3.63, 3.8) is 0 Å². The third kappa shape index (κ3) is 2.31. The Bertz CT molecular complexity index is 664. The van der Waals surface area contributed by atoms with Gasteiger partial charge in [0, 0.05) is 17.3 Å². The molecule has 98 valence electrons. The molecule has 5 nitrogen and oxygen atoms in total. The highest BCUT2D eigenvalue weighted by Crippen LogP contribution is 2.33. The molecule has 1 aromatic carbocycles. The van der Waals surface area contributed by atoms with Gasteiger partial charge >= 0.3 is 0 Å². The Hall–Kier alpha value is -2.30. The van der Waals surface area contributed by atoms with Crippen molar-refractivity contribution in [1.82, 2.24) is 9.97 Å². The number of aryl methyl sites for hydroxylation is 1. The molecule has 1 aliphatic heterocycles. The average Bonchev–Trinajstić information content (AvgIpc) is 2.46. The first-order valence-corrected chi connectivity index (χ1v) is 6.26. The fraction of sp³-hybridized carbons (Fsp3) is 0.286. The van der Waals surface area contributed by atoms with Crippen LogP contribution in [0.4, 0.5) is 0 Å². The van der Waals surface area contributed by atoms with Crippen molar-refractivity contribution in [1.29, 1.82) is 0 Å². The number of rotatable bonds is 2. The lowest BCUT2D eigenvalue weighted by Gasteiger charge is -2.18. The summed E-state index contributed by atoms with van der Waals surface area (Å²) in [5.41, 5.74) is 1.45. The number of fused-ring (bicyclic) bond motifs is 1. The highest BCUT2D eigenvalue weighted by molar-refractivity contribution is 5.61. The van der Waals surface area contributed by atoms with Crippen LogP contribution >= 0.6 is 0 Å². The minimum Gasteiger partial charge on any atom is -0.486 e. The van der Waals surface area contributed by atoms with E-state index in [0.717, 1.165) is 23.4 Å². The molecule has 0 fully saturated rings. The second-order valence-corrected chi connectivity index (χ2v) is 4.30. The van der Waals surface area contributed by atoms with Crippen LogP contribution in [0.5, 0.6) is 11.5 Å². The third-order valence-electron chi connectivity index (χ3n) is 2.97. The monoisotopic (exact) mass is 258 g/mol. The summed E-state index contributed by atoms with van der Waals surface area (Å²) in [6.07, 6.45) is 0.724. The number of nitrogens with one attached hydrogen (secondary N) is 1. The third-order valence-corrected chi connectivity index (χ3v) is 2.97. The van der Waals surface area contributed by atoms with E-state index in [9.17, 15) is 4.79 Å². The molecule has 0 unspecified atom stereocenters. The SMILES string of the molecule is CCc1cc(=O)[nH]c(-c2ccc3c(c2)OCCO3)n1. The zero-order valence-electron chi connectivity index (χ0n) is 10.6. The van der Waals surface area contributed by atoms with Gasteiger partial charge in [0.2, 0.25) is 0 Å².